The van der Waals surface area contributed by atoms with Gasteiger partial charge in [-0.15, -0.1) is 0 Å². The van der Waals surface area contributed by atoms with E-state index in [1.165, 1.54) is 7.11 Å². The predicted molar refractivity (Wildman–Crippen MR) is 69.5 cm³/mol. The van der Waals surface area contributed by atoms with Gasteiger partial charge in [0.15, 0.2) is 0 Å². The molecule has 5 heteroatoms. The summed E-state index contributed by atoms with van der Waals surface area (Å²) in [5.41, 5.74) is -1.31. The molecule has 0 bridgehead atoms. The molecule has 0 fully saturated rings. The molecule has 18 heavy (non-hydrogen) atoms. The molecule has 1 amide bonds. The Kier molecular flexibility index (Phi) is 6.32. The van der Waals surface area contributed by atoms with E-state index in [-0.39, 0.29) is 0 Å². The third-order valence-electron chi connectivity index (χ3n) is 2.68. The van der Waals surface area contributed by atoms with Crippen LogP contribution in [0.4, 0.5) is 4.79 Å². The highest BCUT2D eigenvalue weighted by Gasteiger charge is 2.35. The summed E-state index contributed by atoms with van der Waals surface area (Å²) in [5.74, 6) is 0. The number of methoxy groups -OCH3 is 1. The Morgan fingerprint density at radius 2 is 1.89 bits per heavy atom. The molecule has 0 aromatic heterocycles. The first kappa shape index (κ1) is 16.9. The second kappa shape index (κ2) is 6.73. The Labute approximate surface area is 109 Å². The number of carbonyl (C=O) groups is 2. The molecule has 0 aromatic carbocycles. The third kappa shape index (κ3) is 5.49. The van der Waals surface area contributed by atoms with E-state index in [1.54, 1.807) is 27.7 Å². The minimum absolute atomic E-state index is 0.592. The second-order valence-corrected chi connectivity index (χ2v) is 5.53. The lowest BCUT2D eigenvalue weighted by atomic mass is 9.92. The molecule has 5 nitrogen and oxygen atoms in total. The van der Waals surface area contributed by atoms with Gasteiger partial charge in [-0.2, -0.15) is 0 Å². The molecule has 0 aliphatic rings. The van der Waals surface area contributed by atoms with Crippen LogP contribution in [0.2, 0.25) is 0 Å². The molecule has 106 valence electrons. The number of ether oxygens (including phenoxy) is 2. The quantitative estimate of drug-likeness (QED) is 0.743. The van der Waals surface area contributed by atoms with Crippen molar-refractivity contribution in [1.29, 1.82) is 0 Å². The standard InChI is InChI=1S/C13H25NO4/c1-7-8-13(5,17-6)10(9-15)14-11(16)18-12(2,3)4/h9-10H,7-8H2,1-6H3,(H,14,16)/t10-,13?/m1/s1. The fraction of sp³-hybridized carbons (Fsp3) is 0.846. The minimum atomic E-state index is -0.725. The molecule has 0 aliphatic carbocycles. The van der Waals surface area contributed by atoms with Gasteiger partial charge in [0, 0.05) is 7.11 Å². The fourth-order valence-corrected chi connectivity index (χ4v) is 1.65. The fourth-order valence-electron chi connectivity index (χ4n) is 1.65. The Morgan fingerprint density at radius 3 is 2.22 bits per heavy atom. The predicted octanol–water partition coefficient (Wildman–Crippen LogP) is 2.28. The Balaban J connectivity index is 4.69. The molecule has 1 N–H and O–H groups in total. The molecule has 0 spiro atoms. The van der Waals surface area contributed by atoms with E-state index < -0.39 is 23.3 Å². The highest BCUT2D eigenvalue weighted by molar-refractivity contribution is 5.74. The van der Waals surface area contributed by atoms with Gasteiger partial charge in [-0.1, -0.05) is 13.3 Å². The van der Waals surface area contributed by atoms with Crippen LogP contribution in [-0.2, 0) is 14.3 Å². The highest BCUT2D eigenvalue weighted by atomic mass is 16.6. The average molecular weight is 259 g/mol. The van der Waals surface area contributed by atoms with Crippen LogP contribution in [-0.4, -0.2) is 36.7 Å². The van der Waals surface area contributed by atoms with Gasteiger partial charge < -0.3 is 19.6 Å². The van der Waals surface area contributed by atoms with Crippen LogP contribution in [0, 0.1) is 0 Å². The molecule has 0 rings (SSSR count). The number of nitrogens with one attached hydrogen (secondary N) is 1. The maximum Gasteiger partial charge on any atom is 0.408 e. The van der Waals surface area contributed by atoms with Gasteiger partial charge in [0.25, 0.3) is 0 Å². The van der Waals surface area contributed by atoms with E-state index in [9.17, 15) is 9.59 Å². The largest absolute Gasteiger partial charge is 0.444 e. The summed E-state index contributed by atoms with van der Waals surface area (Å²) in [6.07, 6.45) is 1.59. The molecule has 0 aliphatic heterocycles. The van der Waals surface area contributed by atoms with Crippen molar-refractivity contribution in [3.8, 4) is 0 Å². The van der Waals surface area contributed by atoms with Gasteiger partial charge in [-0.3, -0.25) is 0 Å². The van der Waals surface area contributed by atoms with Gasteiger partial charge in [0.2, 0.25) is 0 Å². The molecule has 0 saturated carbocycles. The first-order chi connectivity index (χ1) is 8.18. The Morgan fingerprint density at radius 1 is 1.33 bits per heavy atom. The van der Waals surface area contributed by atoms with Crippen LogP contribution in [0.25, 0.3) is 0 Å². The normalized spacial score (nSPS) is 16.6. The van der Waals surface area contributed by atoms with E-state index in [0.29, 0.717) is 12.7 Å². The van der Waals surface area contributed by atoms with Crippen LogP contribution in [0.1, 0.15) is 47.5 Å². The average Bonchev–Trinajstić information content (AvgIpc) is 2.23. The summed E-state index contributed by atoms with van der Waals surface area (Å²) in [5, 5.41) is 2.55. The molecule has 2 atom stereocenters. The summed E-state index contributed by atoms with van der Waals surface area (Å²) >= 11 is 0. The van der Waals surface area contributed by atoms with E-state index in [4.69, 9.17) is 9.47 Å². The Bertz CT molecular complexity index is 285. The maximum absolute atomic E-state index is 11.6. The summed E-state index contributed by atoms with van der Waals surface area (Å²) < 4.78 is 10.5. The highest BCUT2D eigenvalue weighted by Crippen LogP contribution is 2.21. The molecule has 0 saturated heterocycles. The molecule has 0 heterocycles. The monoisotopic (exact) mass is 259 g/mol. The number of hydrogen-bond acceptors (Lipinski definition) is 4. The van der Waals surface area contributed by atoms with E-state index in [1.807, 2.05) is 6.92 Å². The van der Waals surface area contributed by atoms with Crippen molar-refractivity contribution in [2.24, 2.45) is 0 Å². The van der Waals surface area contributed by atoms with Crippen LogP contribution in [0.3, 0.4) is 0 Å². The molecule has 1 unspecified atom stereocenters. The van der Waals surface area contributed by atoms with Crippen molar-refractivity contribution in [2.45, 2.75) is 64.7 Å². The molecular weight excluding hydrogens is 234 g/mol. The van der Waals surface area contributed by atoms with Gasteiger partial charge in [-0.05, 0) is 34.1 Å². The first-order valence-electron chi connectivity index (χ1n) is 6.18. The van der Waals surface area contributed by atoms with Gasteiger partial charge >= 0.3 is 6.09 Å². The van der Waals surface area contributed by atoms with E-state index in [0.717, 1.165) is 6.42 Å². The summed E-state index contributed by atoms with van der Waals surface area (Å²) in [7, 11) is 1.53. The van der Waals surface area contributed by atoms with E-state index in [2.05, 4.69) is 5.32 Å². The topological polar surface area (TPSA) is 64.6 Å². The molecule has 0 aromatic rings. The number of carbonyl (C=O) groups excluding carboxylic acids is 2. The molecule has 0 radical (unpaired) electrons. The van der Waals surface area contributed by atoms with Crippen molar-refractivity contribution in [1.82, 2.24) is 5.32 Å². The zero-order chi connectivity index (χ0) is 14.4. The number of aldehydes is 1. The van der Waals surface area contributed by atoms with Gasteiger partial charge in [0.05, 0.1) is 5.60 Å². The summed E-state index contributed by atoms with van der Waals surface area (Å²) in [6, 6.07) is -0.725. The van der Waals surface area contributed by atoms with Crippen molar-refractivity contribution >= 4 is 12.4 Å². The number of hydrogen-bond donors (Lipinski definition) is 1. The first-order valence-corrected chi connectivity index (χ1v) is 6.18. The van der Waals surface area contributed by atoms with Crippen LogP contribution < -0.4 is 5.32 Å². The third-order valence-corrected chi connectivity index (χ3v) is 2.68. The lowest BCUT2D eigenvalue weighted by Gasteiger charge is -2.34. The van der Waals surface area contributed by atoms with Crippen molar-refractivity contribution in [2.75, 3.05) is 7.11 Å². The number of rotatable bonds is 6. The van der Waals surface area contributed by atoms with Crippen LogP contribution in [0.15, 0.2) is 0 Å². The van der Waals surface area contributed by atoms with Gasteiger partial charge in [0.1, 0.15) is 17.9 Å². The zero-order valence-electron chi connectivity index (χ0n) is 12.2. The van der Waals surface area contributed by atoms with Crippen molar-refractivity contribution < 1.29 is 19.1 Å². The maximum atomic E-state index is 11.6. The smallest absolute Gasteiger partial charge is 0.408 e. The van der Waals surface area contributed by atoms with Crippen molar-refractivity contribution in [3.05, 3.63) is 0 Å². The van der Waals surface area contributed by atoms with Crippen LogP contribution in [0.5, 0.6) is 0 Å². The minimum Gasteiger partial charge on any atom is -0.444 e. The lowest BCUT2D eigenvalue weighted by molar-refractivity contribution is -0.118. The SMILES string of the molecule is CCCC(C)(OC)[C@@H](C=O)NC(=O)OC(C)(C)C. The van der Waals surface area contributed by atoms with E-state index >= 15 is 0 Å². The van der Waals surface area contributed by atoms with Crippen LogP contribution >= 0.6 is 0 Å². The zero-order valence-corrected chi connectivity index (χ0v) is 12.2. The summed E-state index contributed by atoms with van der Waals surface area (Å²) in [6.45, 7) is 9.09. The van der Waals surface area contributed by atoms with Crippen molar-refractivity contribution in [3.63, 3.8) is 0 Å². The lowest BCUT2D eigenvalue weighted by Crippen LogP contribution is -2.54. The summed E-state index contributed by atoms with van der Waals surface area (Å²) in [4.78, 5) is 22.8. The second-order valence-electron chi connectivity index (χ2n) is 5.53. The Hall–Kier alpha value is -1.10. The number of amides is 1. The molecular formula is C13H25NO4. The number of alkyl carbamates (subject to hydrolysis) is 1. The van der Waals surface area contributed by atoms with Gasteiger partial charge in [-0.25, -0.2) is 4.79 Å².